The van der Waals surface area contributed by atoms with Gasteiger partial charge in [0.2, 0.25) is 5.78 Å². The Morgan fingerprint density at radius 2 is 1.56 bits per heavy atom. The smallest absolute Gasteiger partial charge is 0.309 e. The van der Waals surface area contributed by atoms with Gasteiger partial charge in [-0.2, -0.15) is 13.2 Å². The number of ketones is 2. The topological polar surface area (TPSA) is 69.7 Å². The molecule has 0 rings (SSSR count). The molecule has 0 spiro atoms. The third-order valence-electron chi connectivity index (χ3n) is 1.70. The lowest BCUT2D eigenvalue weighted by atomic mass is 10.2. The molecule has 0 radical (unpaired) electrons. The molecular weight excluding hydrogens is 276 g/mol. The van der Waals surface area contributed by atoms with Crippen LogP contribution in [-0.2, 0) is 23.2 Å². The number of Topliss-reactive ketones (excluding diaryl/α,β-unsaturated/α-hetero) is 2. The van der Waals surface area contributed by atoms with E-state index >= 15 is 0 Å². The molecule has 0 aliphatic carbocycles. The Kier molecular flexibility index (Phi) is 6.73. The Hall–Kier alpha value is -0.720. The molecule has 0 aromatic heterocycles. The molecule has 0 N–H and O–H groups in total. The summed E-state index contributed by atoms with van der Waals surface area (Å²) in [7, 11) is -3.75. The van der Waals surface area contributed by atoms with E-state index in [2.05, 4.69) is 0 Å². The summed E-state index contributed by atoms with van der Waals surface area (Å²) < 4.78 is 57.0. The summed E-state index contributed by atoms with van der Waals surface area (Å²) in [6.07, 6.45) is -7.26. The van der Waals surface area contributed by atoms with Gasteiger partial charge in [-0.25, -0.2) is 0 Å². The van der Waals surface area contributed by atoms with E-state index in [9.17, 15) is 27.3 Å². The maximum atomic E-state index is 11.9. The Balaban J connectivity index is 4.54. The van der Waals surface area contributed by atoms with E-state index < -0.39 is 37.9 Å². The van der Waals surface area contributed by atoms with Gasteiger partial charge in [0.25, 0.3) is 0 Å². The van der Waals surface area contributed by atoms with Crippen LogP contribution in [0.5, 0.6) is 0 Å². The van der Waals surface area contributed by atoms with Gasteiger partial charge in [-0.3, -0.25) is 14.2 Å². The van der Waals surface area contributed by atoms with Gasteiger partial charge in [0, 0.05) is 0 Å². The maximum absolute atomic E-state index is 11.9. The lowest BCUT2D eigenvalue weighted by molar-refractivity contribution is -0.171. The van der Waals surface area contributed by atoms with E-state index in [1.54, 1.807) is 0 Å². The second-order valence-electron chi connectivity index (χ2n) is 3.24. The van der Waals surface area contributed by atoms with Gasteiger partial charge in [0.05, 0.1) is 19.6 Å². The molecule has 0 bridgehead atoms. The van der Waals surface area contributed by atoms with Crippen LogP contribution < -0.4 is 0 Å². The fraction of sp³-hybridized carbons (Fsp3) is 0.778. The van der Waals surface area contributed by atoms with Gasteiger partial charge in [-0.05, 0) is 13.8 Å². The summed E-state index contributed by atoms with van der Waals surface area (Å²) in [4.78, 5) is 21.8. The van der Waals surface area contributed by atoms with Crippen LogP contribution in [0.4, 0.5) is 13.2 Å². The van der Waals surface area contributed by atoms with Crippen LogP contribution in [0.3, 0.4) is 0 Å². The highest BCUT2D eigenvalue weighted by Gasteiger charge is 2.40. The van der Waals surface area contributed by atoms with Gasteiger partial charge in [0.1, 0.15) is 6.16 Å². The highest BCUT2D eigenvalue weighted by Crippen LogP contribution is 2.48. The molecule has 0 amide bonds. The first kappa shape index (κ1) is 17.3. The monoisotopic (exact) mass is 290 g/mol. The van der Waals surface area contributed by atoms with Gasteiger partial charge in [-0.15, -0.1) is 0 Å². The lowest BCUT2D eigenvalue weighted by Crippen LogP contribution is -2.26. The van der Waals surface area contributed by atoms with Crippen LogP contribution in [0.25, 0.3) is 0 Å². The number of halogens is 3. The molecule has 0 aliphatic heterocycles. The molecule has 0 atom stereocenters. The first-order chi connectivity index (χ1) is 8.14. The van der Waals surface area contributed by atoms with E-state index in [1.807, 2.05) is 0 Å². The van der Waals surface area contributed by atoms with Crippen molar-refractivity contribution in [3.8, 4) is 0 Å². The molecule has 9 heteroatoms. The van der Waals surface area contributed by atoms with Crippen LogP contribution in [-0.4, -0.2) is 37.1 Å². The minimum atomic E-state index is -5.07. The van der Waals surface area contributed by atoms with Gasteiger partial charge in [-0.1, -0.05) is 0 Å². The number of rotatable bonds is 8. The molecule has 0 unspecified atom stereocenters. The molecule has 0 aromatic rings. The third-order valence-corrected chi connectivity index (χ3v) is 3.74. The number of carbonyl (C=O) groups excluding carboxylic acids is 2. The van der Waals surface area contributed by atoms with Crippen molar-refractivity contribution in [3.05, 3.63) is 0 Å². The van der Waals surface area contributed by atoms with E-state index in [4.69, 9.17) is 9.05 Å². The average Bonchev–Trinajstić information content (AvgIpc) is 2.15. The fourth-order valence-corrected chi connectivity index (χ4v) is 2.66. The molecule has 18 heavy (non-hydrogen) atoms. The van der Waals surface area contributed by atoms with E-state index in [1.165, 1.54) is 13.8 Å². The summed E-state index contributed by atoms with van der Waals surface area (Å²) in [6.45, 7) is 2.96. The van der Waals surface area contributed by atoms with Crippen molar-refractivity contribution in [2.24, 2.45) is 0 Å². The number of alkyl halides is 3. The predicted molar refractivity (Wildman–Crippen MR) is 56.4 cm³/mol. The van der Waals surface area contributed by atoms with E-state index in [-0.39, 0.29) is 13.2 Å². The summed E-state index contributed by atoms with van der Waals surface area (Å²) in [5.41, 5.74) is 0. The van der Waals surface area contributed by atoms with Crippen molar-refractivity contribution < 1.29 is 36.4 Å². The van der Waals surface area contributed by atoms with E-state index in [0.717, 1.165) is 0 Å². The average molecular weight is 290 g/mol. The molecule has 0 fully saturated rings. The van der Waals surface area contributed by atoms with Crippen molar-refractivity contribution >= 4 is 19.2 Å². The Morgan fingerprint density at radius 1 is 1.11 bits per heavy atom. The zero-order chi connectivity index (χ0) is 14.4. The molecule has 106 valence electrons. The maximum Gasteiger partial charge on any atom is 0.450 e. The molecule has 0 saturated carbocycles. The molecule has 0 aromatic carbocycles. The molecular formula is C9H14F3O5P. The van der Waals surface area contributed by atoms with Gasteiger partial charge >= 0.3 is 13.8 Å². The molecule has 5 nitrogen and oxygen atoms in total. The predicted octanol–water partition coefficient (Wildman–Crippen LogP) is 2.34. The van der Waals surface area contributed by atoms with Gasteiger partial charge in [0.15, 0.2) is 5.78 Å². The van der Waals surface area contributed by atoms with E-state index in [0.29, 0.717) is 0 Å². The van der Waals surface area contributed by atoms with Crippen molar-refractivity contribution in [1.29, 1.82) is 0 Å². The number of hydrogen-bond donors (Lipinski definition) is 0. The Morgan fingerprint density at radius 3 is 1.89 bits per heavy atom. The van der Waals surface area contributed by atoms with Crippen molar-refractivity contribution in [2.75, 3.05) is 19.4 Å². The highest BCUT2D eigenvalue weighted by atomic mass is 31.2. The number of hydrogen-bond acceptors (Lipinski definition) is 5. The normalized spacial score (nSPS) is 12.5. The van der Waals surface area contributed by atoms with Crippen LogP contribution >= 0.6 is 7.60 Å². The van der Waals surface area contributed by atoms with Crippen molar-refractivity contribution in [3.63, 3.8) is 0 Å². The molecule has 0 heterocycles. The SMILES string of the molecule is CCOP(=O)(CC(=O)CC(=O)C(F)(F)F)OCC. The zero-order valence-corrected chi connectivity index (χ0v) is 10.8. The zero-order valence-electron chi connectivity index (χ0n) is 9.95. The van der Waals surface area contributed by atoms with Crippen LogP contribution in [0.15, 0.2) is 0 Å². The Bertz CT molecular complexity index is 343. The van der Waals surface area contributed by atoms with Crippen molar-refractivity contribution in [1.82, 2.24) is 0 Å². The van der Waals surface area contributed by atoms with Gasteiger partial charge < -0.3 is 9.05 Å². The quantitative estimate of drug-likeness (QED) is 0.507. The lowest BCUT2D eigenvalue weighted by Gasteiger charge is -2.16. The molecule has 0 aliphatic rings. The summed E-state index contributed by atoms with van der Waals surface area (Å²) >= 11 is 0. The third kappa shape index (κ3) is 6.28. The second kappa shape index (κ2) is 7.01. The largest absolute Gasteiger partial charge is 0.450 e. The molecule has 0 saturated heterocycles. The first-order valence-corrected chi connectivity index (χ1v) is 6.87. The Labute approximate surface area is 102 Å². The summed E-state index contributed by atoms with van der Waals surface area (Å²) in [5.74, 6) is -3.30. The summed E-state index contributed by atoms with van der Waals surface area (Å²) in [6, 6.07) is 0. The van der Waals surface area contributed by atoms with Crippen LogP contribution in [0.2, 0.25) is 0 Å². The minimum absolute atomic E-state index is 0.0161. The van der Waals surface area contributed by atoms with Crippen molar-refractivity contribution in [2.45, 2.75) is 26.4 Å². The second-order valence-corrected chi connectivity index (χ2v) is 5.30. The summed E-state index contributed by atoms with van der Waals surface area (Å²) in [5, 5.41) is 0. The standard InChI is InChI=1S/C9H14F3O5P/c1-3-16-18(15,17-4-2)6-7(13)5-8(14)9(10,11)12/h3-6H2,1-2H3. The fourth-order valence-electron chi connectivity index (χ4n) is 1.07. The minimum Gasteiger partial charge on any atom is -0.309 e. The van der Waals surface area contributed by atoms with Crippen LogP contribution in [0, 0.1) is 0 Å². The first-order valence-electron chi connectivity index (χ1n) is 5.14. The number of carbonyl (C=O) groups is 2. The van der Waals surface area contributed by atoms with Crippen LogP contribution in [0.1, 0.15) is 20.3 Å². The highest BCUT2D eigenvalue weighted by molar-refractivity contribution is 7.54.